The minimum Gasteiger partial charge on any atom is -0.464 e. The third-order valence-corrected chi connectivity index (χ3v) is 1.67. The second kappa shape index (κ2) is 4.01. The maximum Gasteiger partial charge on any atom is 0.436 e. The average molecular weight is 241 g/mol. The van der Waals surface area contributed by atoms with Crippen molar-refractivity contribution in [3.63, 3.8) is 0 Å². The van der Waals surface area contributed by atoms with Gasteiger partial charge in [-0.2, -0.15) is 13.2 Å². The average Bonchev–Trinajstić information content (AvgIpc) is 2.15. The molecular formula is C7H4ClF3N2O2. The Labute approximate surface area is 87.0 Å². The molecule has 0 aliphatic heterocycles. The lowest BCUT2D eigenvalue weighted by Gasteiger charge is -2.07. The highest BCUT2D eigenvalue weighted by atomic mass is 35.5. The van der Waals surface area contributed by atoms with Crippen LogP contribution in [0.15, 0.2) is 6.20 Å². The van der Waals surface area contributed by atoms with E-state index >= 15 is 0 Å². The Hall–Kier alpha value is -1.37. The number of aromatic nitrogens is 2. The summed E-state index contributed by atoms with van der Waals surface area (Å²) in [6.45, 7) is 0. The van der Waals surface area contributed by atoms with Crippen LogP contribution in [0.25, 0.3) is 0 Å². The van der Waals surface area contributed by atoms with E-state index in [2.05, 4.69) is 14.7 Å². The number of ether oxygens (including phenoxy) is 1. The summed E-state index contributed by atoms with van der Waals surface area (Å²) in [4.78, 5) is 17.1. The van der Waals surface area contributed by atoms with Gasteiger partial charge in [0.2, 0.25) is 0 Å². The van der Waals surface area contributed by atoms with Gasteiger partial charge in [0.1, 0.15) is 0 Å². The van der Waals surface area contributed by atoms with Gasteiger partial charge in [-0.1, -0.05) is 11.6 Å². The first kappa shape index (κ1) is 11.7. The molecule has 0 aromatic carbocycles. The molecule has 0 aliphatic rings. The molecule has 0 saturated carbocycles. The van der Waals surface area contributed by atoms with Crippen LogP contribution in [0.5, 0.6) is 0 Å². The summed E-state index contributed by atoms with van der Waals surface area (Å²) in [5, 5.41) is -0.810. The van der Waals surface area contributed by atoms with Crippen LogP contribution in [0, 0.1) is 0 Å². The molecule has 0 bridgehead atoms. The molecule has 0 unspecified atom stereocenters. The molecule has 0 spiro atoms. The maximum absolute atomic E-state index is 12.3. The molecule has 82 valence electrons. The van der Waals surface area contributed by atoms with Gasteiger partial charge in [0.25, 0.3) is 0 Å². The van der Waals surface area contributed by atoms with Crippen molar-refractivity contribution in [2.75, 3.05) is 7.11 Å². The monoisotopic (exact) mass is 240 g/mol. The fourth-order valence-corrected chi connectivity index (χ4v) is 0.956. The summed E-state index contributed by atoms with van der Waals surface area (Å²) in [5.74, 6) is -1.01. The summed E-state index contributed by atoms with van der Waals surface area (Å²) in [6, 6.07) is 0. The van der Waals surface area contributed by atoms with Gasteiger partial charge >= 0.3 is 12.1 Å². The molecule has 0 aliphatic carbocycles. The predicted molar refractivity (Wildman–Crippen MR) is 43.4 cm³/mol. The standard InChI is InChI=1S/C7H4ClF3N2O2/c1-15-6(14)3-2-12-5(8)4(13-3)7(9,10)11/h2H,1H3. The van der Waals surface area contributed by atoms with Gasteiger partial charge in [-0.3, -0.25) is 0 Å². The lowest BCUT2D eigenvalue weighted by molar-refractivity contribution is -0.141. The molecule has 0 amide bonds. The molecule has 0 saturated heterocycles. The number of hydrogen-bond donors (Lipinski definition) is 0. The fraction of sp³-hybridized carbons (Fsp3) is 0.286. The Balaban J connectivity index is 3.23. The zero-order chi connectivity index (χ0) is 11.6. The van der Waals surface area contributed by atoms with Crippen molar-refractivity contribution in [2.45, 2.75) is 6.18 Å². The number of carbonyl (C=O) groups excluding carboxylic acids is 1. The van der Waals surface area contributed by atoms with Crippen LogP contribution in [0.3, 0.4) is 0 Å². The van der Waals surface area contributed by atoms with Crippen molar-refractivity contribution in [1.82, 2.24) is 9.97 Å². The van der Waals surface area contributed by atoms with Crippen LogP contribution in [0.2, 0.25) is 5.15 Å². The van der Waals surface area contributed by atoms with Crippen molar-refractivity contribution in [2.24, 2.45) is 0 Å². The SMILES string of the molecule is COC(=O)c1cnc(Cl)c(C(F)(F)F)n1. The Kier molecular flexibility index (Phi) is 3.13. The van der Waals surface area contributed by atoms with Crippen LogP contribution >= 0.6 is 11.6 Å². The Morgan fingerprint density at radius 1 is 1.53 bits per heavy atom. The van der Waals surface area contributed by atoms with Gasteiger partial charge in [0, 0.05) is 0 Å². The van der Waals surface area contributed by atoms with Crippen LogP contribution in [0.1, 0.15) is 16.2 Å². The van der Waals surface area contributed by atoms with Gasteiger partial charge in [0.15, 0.2) is 16.5 Å². The molecule has 8 heteroatoms. The summed E-state index contributed by atoms with van der Waals surface area (Å²) in [7, 11) is 1.02. The van der Waals surface area contributed by atoms with Gasteiger partial charge in [-0.25, -0.2) is 14.8 Å². The van der Waals surface area contributed by atoms with E-state index in [4.69, 9.17) is 11.6 Å². The van der Waals surface area contributed by atoms with Crippen molar-refractivity contribution >= 4 is 17.6 Å². The quantitative estimate of drug-likeness (QED) is 0.704. The van der Waals surface area contributed by atoms with Gasteiger partial charge < -0.3 is 4.74 Å². The van der Waals surface area contributed by atoms with E-state index in [-0.39, 0.29) is 0 Å². The topological polar surface area (TPSA) is 52.1 Å². The first-order chi connectivity index (χ1) is 6.86. The second-order valence-electron chi connectivity index (χ2n) is 2.38. The van der Waals surface area contributed by atoms with Crippen LogP contribution in [0.4, 0.5) is 13.2 Å². The highest BCUT2D eigenvalue weighted by molar-refractivity contribution is 6.30. The van der Waals surface area contributed by atoms with Crippen LogP contribution in [-0.2, 0) is 10.9 Å². The molecule has 15 heavy (non-hydrogen) atoms. The third-order valence-electron chi connectivity index (χ3n) is 1.39. The molecular weight excluding hydrogens is 237 g/mol. The van der Waals surface area contributed by atoms with Crippen LogP contribution < -0.4 is 0 Å². The lowest BCUT2D eigenvalue weighted by atomic mass is 10.4. The first-order valence-electron chi connectivity index (χ1n) is 3.54. The molecule has 0 radical (unpaired) electrons. The van der Waals surface area contributed by atoms with E-state index in [0.29, 0.717) is 0 Å². The van der Waals surface area contributed by atoms with E-state index in [1.807, 2.05) is 0 Å². The summed E-state index contributed by atoms with van der Waals surface area (Å²) in [6.07, 6.45) is -3.95. The highest BCUT2D eigenvalue weighted by Crippen LogP contribution is 2.31. The number of nitrogens with zero attached hydrogens (tertiary/aromatic N) is 2. The molecule has 1 aromatic heterocycles. The highest BCUT2D eigenvalue weighted by Gasteiger charge is 2.36. The molecule has 1 heterocycles. The van der Waals surface area contributed by atoms with Crippen molar-refractivity contribution < 1.29 is 22.7 Å². The summed E-state index contributed by atoms with van der Waals surface area (Å²) >= 11 is 5.18. The molecule has 4 nitrogen and oxygen atoms in total. The molecule has 0 atom stereocenters. The normalized spacial score (nSPS) is 11.3. The van der Waals surface area contributed by atoms with E-state index in [9.17, 15) is 18.0 Å². The van der Waals surface area contributed by atoms with E-state index in [1.54, 1.807) is 0 Å². The van der Waals surface area contributed by atoms with Crippen molar-refractivity contribution in [3.8, 4) is 0 Å². The van der Waals surface area contributed by atoms with Crippen molar-refractivity contribution in [3.05, 3.63) is 22.7 Å². The van der Waals surface area contributed by atoms with Gasteiger partial charge in [-0.05, 0) is 0 Å². The van der Waals surface area contributed by atoms with E-state index in [1.165, 1.54) is 0 Å². The number of carbonyl (C=O) groups is 1. The number of halogens is 4. The Bertz CT molecular complexity index is 394. The van der Waals surface area contributed by atoms with Crippen molar-refractivity contribution in [1.29, 1.82) is 0 Å². The smallest absolute Gasteiger partial charge is 0.436 e. The summed E-state index contributed by atoms with van der Waals surface area (Å²) in [5.41, 5.74) is -1.96. The number of alkyl halides is 3. The van der Waals surface area contributed by atoms with E-state index in [0.717, 1.165) is 13.3 Å². The molecule has 0 fully saturated rings. The first-order valence-corrected chi connectivity index (χ1v) is 3.92. The minimum atomic E-state index is -4.76. The minimum absolute atomic E-state index is 0.547. The Morgan fingerprint density at radius 2 is 2.13 bits per heavy atom. The second-order valence-corrected chi connectivity index (χ2v) is 2.74. The molecule has 1 rings (SSSR count). The molecule has 1 aromatic rings. The number of hydrogen-bond acceptors (Lipinski definition) is 4. The maximum atomic E-state index is 12.3. The van der Waals surface area contributed by atoms with Crippen LogP contribution in [-0.4, -0.2) is 23.0 Å². The zero-order valence-corrected chi connectivity index (χ0v) is 8.06. The summed E-state index contributed by atoms with van der Waals surface area (Å²) < 4.78 is 41.0. The molecule has 0 N–H and O–H groups in total. The predicted octanol–water partition coefficient (Wildman–Crippen LogP) is 1.94. The number of rotatable bonds is 1. The van der Waals surface area contributed by atoms with Gasteiger partial charge in [0.05, 0.1) is 13.3 Å². The number of methoxy groups -OCH3 is 1. The largest absolute Gasteiger partial charge is 0.464 e. The third kappa shape index (κ3) is 2.56. The van der Waals surface area contributed by atoms with E-state index < -0.39 is 28.7 Å². The number of esters is 1. The van der Waals surface area contributed by atoms with Gasteiger partial charge in [-0.15, -0.1) is 0 Å². The Morgan fingerprint density at radius 3 is 2.60 bits per heavy atom. The lowest BCUT2D eigenvalue weighted by Crippen LogP contribution is -2.14. The fourth-order valence-electron chi connectivity index (χ4n) is 0.758. The zero-order valence-electron chi connectivity index (χ0n) is 7.30.